The van der Waals surface area contributed by atoms with Crippen molar-refractivity contribution < 1.29 is 5.11 Å². The largest absolute Gasteiger partial charge is 0.390 e. The second kappa shape index (κ2) is 7.63. The molecule has 0 aromatic carbocycles. The van der Waals surface area contributed by atoms with Crippen LogP contribution in [0.3, 0.4) is 0 Å². The molecule has 0 amide bonds. The summed E-state index contributed by atoms with van der Waals surface area (Å²) in [7, 11) is 0. The number of imidazole rings is 1. The van der Waals surface area contributed by atoms with Crippen molar-refractivity contribution in [3.05, 3.63) is 16.7 Å². The summed E-state index contributed by atoms with van der Waals surface area (Å²) in [4.78, 5) is 2.97. The molecule has 92 valence electrons. The summed E-state index contributed by atoms with van der Waals surface area (Å²) in [6.07, 6.45) is 9.45. The molecule has 0 saturated carbocycles. The van der Waals surface area contributed by atoms with Crippen molar-refractivity contribution in [2.24, 2.45) is 0 Å². The highest BCUT2D eigenvalue weighted by molar-refractivity contribution is 7.71. The van der Waals surface area contributed by atoms with Gasteiger partial charge in [0.05, 0.1) is 12.3 Å². The number of nitrogens with zero attached hydrogens (tertiary/aromatic N) is 1. The summed E-state index contributed by atoms with van der Waals surface area (Å²) >= 11 is 5.16. The molecule has 0 aliphatic carbocycles. The van der Waals surface area contributed by atoms with Gasteiger partial charge in [0.2, 0.25) is 0 Å². The molecule has 0 unspecified atom stereocenters. The fourth-order valence-electron chi connectivity index (χ4n) is 1.86. The average Bonchev–Trinajstić information content (AvgIpc) is 2.65. The second-order valence-corrected chi connectivity index (χ2v) is 4.55. The summed E-state index contributed by atoms with van der Waals surface area (Å²) in [6.45, 7) is 3.21. The van der Waals surface area contributed by atoms with Crippen molar-refractivity contribution in [2.75, 3.05) is 0 Å². The molecule has 1 heterocycles. The van der Waals surface area contributed by atoms with E-state index >= 15 is 0 Å². The zero-order chi connectivity index (χ0) is 11.8. The number of nitrogens with one attached hydrogen (secondary N) is 1. The highest BCUT2D eigenvalue weighted by atomic mass is 32.1. The van der Waals surface area contributed by atoms with E-state index in [0.717, 1.165) is 23.4 Å². The Morgan fingerprint density at radius 2 is 1.94 bits per heavy atom. The maximum atomic E-state index is 9.12. The molecule has 2 N–H and O–H groups in total. The van der Waals surface area contributed by atoms with E-state index in [1.165, 1.54) is 32.1 Å². The number of H-pyrrole nitrogens is 1. The van der Waals surface area contributed by atoms with Gasteiger partial charge in [0.1, 0.15) is 0 Å². The molecule has 0 aliphatic rings. The summed E-state index contributed by atoms with van der Waals surface area (Å²) in [5.41, 5.74) is 0.888. The first-order valence-electron chi connectivity index (χ1n) is 6.17. The third kappa shape index (κ3) is 4.10. The van der Waals surface area contributed by atoms with Gasteiger partial charge >= 0.3 is 0 Å². The average molecular weight is 242 g/mol. The Morgan fingerprint density at radius 3 is 2.62 bits per heavy atom. The van der Waals surface area contributed by atoms with Crippen LogP contribution < -0.4 is 0 Å². The summed E-state index contributed by atoms with van der Waals surface area (Å²) in [5.74, 6) is 0. The van der Waals surface area contributed by atoms with Crippen molar-refractivity contribution in [3.8, 4) is 0 Å². The number of aromatic nitrogens is 2. The molecular weight excluding hydrogens is 220 g/mol. The third-order valence-corrected chi connectivity index (χ3v) is 3.19. The van der Waals surface area contributed by atoms with Gasteiger partial charge in [-0.15, -0.1) is 0 Å². The lowest BCUT2D eigenvalue weighted by Crippen LogP contribution is -2.03. The van der Waals surface area contributed by atoms with E-state index in [4.69, 9.17) is 17.3 Å². The maximum Gasteiger partial charge on any atom is 0.177 e. The quantitative estimate of drug-likeness (QED) is 0.542. The Bertz CT molecular complexity index is 343. The first-order valence-corrected chi connectivity index (χ1v) is 6.58. The van der Waals surface area contributed by atoms with Crippen molar-refractivity contribution in [3.63, 3.8) is 0 Å². The first kappa shape index (κ1) is 13.5. The zero-order valence-electron chi connectivity index (χ0n) is 10.0. The molecular formula is C12H22N2OS. The predicted molar refractivity (Wildman–Crippen MR) is 68.9 cm³/mol. The maximum absolute atomic E-state index is 9.12. The van der Waals surface area contributed by atoms with Gasteiger partial charge in [-0.1, -0.05) is 39.0 Å². The van der Waals surface area contributed by atoms with Crippen LogP contribution in [0.15, 0.2) is 6.20 Å². The molecule has 0 spiro atoms. The molecule has 1 rings (SSSR count). The van der Waals surface area contributed by atoms with Gasteiger partial charge in [0.15, 0.2) is 4.77 Å². The van der Waals surface area contributed by atoms with Crippen LogP contribution in [0.25, 0.3) is 0 Å². The zero-order valence-corrected chi connectivity index (χ0v) is 10.9. The van der Waals surface area contributed by atoms with E-state index in [-0.39, 0.29) is 6.61 Å². The van der Waals surface area contributed by atoms with Gasteiger partial charge in [0, 0.05) is 12.7 Å². The van der Waals surface area contributed by atoms with E-state index in [1.807, 2.05) is 4.57 Å². The van der Waals surface area contributed by atoms with E-state index in [9.17, 15) is 0 Å². The minimum Gasteiger partial charge on any atom is -0.390 e. The Labute approximate surface area is 103 Å². The van der Waals surface area contributed by atoms with E-state index in [2.05, 4.69) is 11.9 Å². The molecule has 1 aromatic rings. The minimum absolute atomic E-state index is 0.0585. The molecule has 4 heteroatoms. The molecule has 0 radical (unpaired) electrons. The summed E-state index contributed by atoms with van der Waals surface area (Å²) < 4.78 is 2.72. The van der Waals surface area contributed by atoms with Crippen LogP contribution in [0.2, 0.25) is 0 Å². The Morgan fingerprint density at radius 1 is 1.25 bits per heavy atom. The van der Waals surface area contributed by atoms with Crippen LogP contribution in [0.1, 0.15) is 51.1 Å². The molecule has 0 atom stereocenters. The lowest BCUT2D eigenvalue weighted by atomic mass is 10.1. The van der Waals surface area contributed by atoms with Gasteiger partial charge < -0.3 is 14.7 Å². The van der Waals surface area contributed by atoms with Gasteiger partial charge in [-0.3, -0.25) is 0 Å². The lowest BCUT2D eigenvalue weighted by Gasteiger charge is -2.06. The fourth-order valence-corrected chi connectivity index (χ4v) is 2.13. The van der Waals surface area contributed by atoms with Gasteiger partial charge in [0.25, 0.3) is 0 Å². The first-order chi connectivity index (χ1) is 7.79. The number of aliphatic hydroxyl groups is 1. The number of aromatic amines is 1. The predicted octanol–water partition coefficient (Wildman–Crippen LogP) is 3.40. The van der Waals surface area contributed by atoms with Gasteiger partial charge in [-0.25, -0.2) is 0 Å². The number of hydrogen-bond donors (Lipinski definition) is 2. The second-order valence-electron chi connectivity index (χ2n) is 4.16. The highest BCUT2D eigenvalue weighted by Gasteiger charge is 2.01. The van der Waals surface area contributed by atoms with Crippen molar-refractivity contribution >= 4 is 12.2 Å². The SMILES string of the molecule is CCCCCCCCn1c(CO)c[nH]c1=S. The monoisotopic (exact) mass is 242 g/mol. The Balaban J connectivity index is 2.26. The van der Waals surface area contributed by atoms with Crippen LogP contribution in [-0.2, 0) is 13.2 Å². The molecule has 16 heavy (non-hydrogen) atoms. The fraction of sp³-hybridized carbons (Fsp3) is 0.750. The molecule has 0 aliphatic heterocycles. The molecule has 3 nitrogen and oxygen atoms in total. The summed E-state index contributed by atoms with van der Waals surface area (Å²) in [6, 6.07) is 0. The summed E-state index contributed by atoms with van der Waals surface area (Å²) in [5, 5.41) is 9.12. The molecule has 0 fully saturated rings. The number of aliphatic hydroxyl groups excluding tert-OH is 1. The van der Waals surface area contributed by atoms with Crippen LogP contribution in [-0.4, -0.2) is 14.7 Å². The number of unbranched alkanes of at least 4 members (excludes halogenated alkanes) is 5. The van der Waals surface area contributed by atoms with Crippen molar-refractivity contribution in [2.45, 2.75) is 58.6 Å². The van der Waals surface area contributed by atoms with Crippen LogP contribution in [0.4, 0.5) is 0 Å². The minimum atomic E-state index is 0.0585. The topological polar surface area (TPSA) is 41.0 Å². The standard InChI is InChI=1S/C12H22N2OS/c1-2-3-4-5-6-7-8-14-11(10-15)9-13-12(14)16/h9,15H,2-8,10H2,1H3,(H,13,16). The molecule has 1 aromatic heterocycles. The van der Waals surface area contributed by atoms with Crippen LogP contribution >= 0.6 is 12.2 Å². The normalized spacial score (nSPS) is 10.9. The number of hydrogen-bond acceptors (Lipinski definition) is 2. The van der Waals surface area contributed by atoms with Gasteiger partial charge in [-0.2, -0.15) is 0 Å². The van der Waals surface area contributed by atoms with Gasteiger partial charge in [-0.05, 0) is 18.6 Å². The van der Waals surface area contributed by atoms with E-state index < -0.39 is 0 Å². The van der Waals surface area contributed by atoms with Crippen molar-refractivity contribution in [1.29, 1.82) is 0 Å². The number of rotatable bonds is 8. The van der Waals surface area contributed by atoms with Crippen molar-refractivity contribution in [1.82, 2.24) is 9.55 Å². The van der Waals surface area contributed by atoms with E-state index in [0.29, 0.717) is 0 Å². The molecule has 0 saturated heterocycles. The van der Waals surface area contributed by atoms with Crippen LogP contribution in [0.5, 0.6) is 0 Å². The Hall–Kier alpha value is -0.610. The third-order valence-electron chi connectivity index (χ3n) is 2.85. The highest BCUT2D eigenvalue weighted by Crippen LogP contribution is 2.08. The smallest absolute Gasteiger partial charge is 0.177 e. The molecule has 0 bridgehead atoms. The Kier molecular flexibility index (Phi) is 6.42. The van der Waals surface area contributed by atoms with Crippen LogP contribution in [0, 0.1) is 4.77 Å². The van der Waals surface area contributed by atoms with E-state index in [1.54, 1.807) is 6.20 Å². The lowest BCUT2D eigenvalue weighted by molar-refractivity contribution is 0.269.